The van der Waals surface area contributed by atoms with Crippen molar-refractivity contribution in [2.45, 2.75) is 0 Å². The van der Waals surface area contributed by atoms with E-state index in [1.165, 1.54) is 36.4 Å². The molecular weight excluding hydrogens is 444 g/mol. The van der Waals surface area contributed by atoms with Crippen LogP contribution in [-0.4, -0.2) is 9.17 Å². The van der Waals surface area contributed by atoms with Crippen molar-refractivity contribution in [1.29, 1.82) is 0 Å². The summed E-state index contributed by atoms with van der Waals surface area (Å²) in [4.78, 5) is 17.0. The third kappa shape index (κ3) is 34.9. The zero-order chi connectivity index (χ0) is 21.5. The Morgan fingerprint density at radius 1 is 0.361 bits per heavy atom. The standard InChI is InChI=1S/3C6H6O2.8Li.O3Si/c3*7-5-3-1-2-4-6(5)8;;;;;;;;;1-4(2)3/h3*1-4,7-8H;;;;;;;;;/q;;;8*+1;-2/p-6. The van der Waals surface area contributed by atoms with Crippen LogP contribution in [0.2, 0.25) is 0 Å². The summed E-state index contributed by atoms with van der Waals surface area (Å²) in [6, 6.07) is 16.8. The summed E-state index contributed by atoms with van der Waals surface area (Å²) in [6.45, 7) is 0. The van der Waals surface area contributed by atoms with Crippen LogP contribution in [-0.2, 0) is 4.46 Å². The van der Waals surface area contributed by atoms with Gasteiger partial charge in [0.2, 0.25) is 0 Å². The molecule has 3 rings (SSSR count). The molecule has 3 aromatic carbocycles. The Labute approximate surface area is 308 Å². The molecule has 0 aliphatic rings. The van der Waals surface area contributed by atoms with Gasteiger partial charge in [0, 0.05) is 9.17 Å². The first kappa shape index (κ1) is 61.1. The SMILES string of the molecule is O=[Si]([O-])[O-].[Li+].[Li+].[Li+].[Li+].[Li+].[Li+].[Li+].[Li+].[O-]c1ccccc1[O-].[O-]c1ccccc1[O-].[O-]c1ccccc1[O-]. The van der Waals surface area contributed by atoms with Crippen LogP contribution < -0.4 is 191 Å². The van der Waals surface area contributed by atoms with E-state index < -0.39 is 43.7 Å². The molecule has 3 aromatic rings. The van der Waals surface area contributed by atoms with Gasteiger partial charge < -0.3 is 44.7 Å². The Morgan fingerprint density at radius 3 is 0.500 bits per heavy atom. The van der Waals surface area contributed by atoms with E-state index in [2.05, 4.69) is 0 Å². The minimum atomic E-state index is -3.63. The van der Waals surface area contributed by atoms with Gasteiger partial charge in [-0.25, -0.2) is 0 Å². The molecule has 0 fully saturated rings. The molecule has 18 heteroatoms. The first-order chi connectivity index (χ1) is 13.1. The van der Waals surface area contributed by atoms with Crippen LogP contribution in [0, 0.1) is 0 Å². The van der Waals surface area contributed by atoms with Gasteiger partial charge in [-0.3, -0.25) is 0 Å². The average molecular weight is 456 g/mol. The van der Waals surface area contributed by atoms with Crippen LogP contribution in [0.3, 0.4) is 0 Å². The van der Waals surface area contributed by atoms with E-state index in [0.29, 0.717) is 0 Å². The smallest absolute Gasteiger partial charge is 0.873 e. The molecule has 0 atom stereocenters. The Kier molecular flexibility index (Phi) is 64.5. The third-order valence-electron chi connectivity index (χ3n) is 2.55. The molecule has 0 heterocycles. The molecule has 9 nitrogen and oxygen atoms in total. The molecule has 0 unspecified atom stereocenters. The molecular formula is C18H12Li8O9Si. The second-order valence-corrected chi connectivity index (χ2v) is 5.09. The molecule has 0 aliphatic carbocycles. The average Bonchev–Trinajstić information content (AvgIpc) is 2.63. The summed E-state index contributed by atoms with van der Waals surface area (Å²) < 4.78 is 8.52. The maximum absolute atomic E-state index is 10.3. The van der Waals surface area contributed by atoms with Gasteiger partial charge in [0.25, 0.3) is 0 Å². The molecule has 0 aromatic heterocycles. The normalized spacial score (nSPS) is 6.67. The zero-order valence-electron chi connectivity index (χ0n) is 22.1. The van der Waals surface area contributed by atoms with Crippen LogP contribution in [0.25, 0.3) is 0 Å². The predicted molar refractivity (Wildman–Crippen MR) is 82.4 cm³/mol. The van der Waals surface area contributed by atoms with Crippen molar-refractivity contribution in [2.75, 3.05) is 0 Å². The van der Waals surface area contributed by atoms with Crippen LogP contribution >= 0.6 is 0 Å². The van der Waals surface area contributed by atoms with Gasteiger partial charge in [-0.15, -0.1) is 34.5 Å². The fourth-order valence-electron chi connectivity index (χ4n) is 1.35. The van der Waals surface area contributed by atoms with Crippen molar-refractivity contribution < 1.29 is 196 Å². The van der Waals surface area contributed by atoms with Crippen molar-refractivity contribution in [3.63, 3.8) is 0 Å². The van der Waals surface area contributed by atoms with E-state index in [1.54, 1.807) is 36.4 Å². The second kappa shape index (κ2) is 38.0. The third-order valence-corrected chi connectivity index (χ3v) is 2.55. The van der Waals surface area contributed by atoms with Crippen LogP contribution in [0.15, 0.2) is 72.8 Å². The quantitative estimate of drug-likeness (QED) is 0.295. The van der Waals surface area contributed by atoms with E-state index in [9.17, 15) is 30.6 Å². The summed E-state index contributed by atoms with van der Waals surface area (Å²) in [7, 11) is -3.63. The Balaban J connectivity index is -0.0000000367. The fraction of sp³-hybridized carbons (Fsp3) is 0. The van der Waals surface area contributed by atoms with Gasteiger partial charge in [-0.1, -0.05) is 72.8 Å². The Morgan fingerprint density at radius 2 is 0.444 bits per heavy atom. The predicted octanol–water partition coefficient (Wildman–Crippen LogP) is -27.3. The van der Waals surface area contributed by atoms with E-state index in [4.69, 9.17) is 14.1 Å². The van der Waals surface area contributed by atoms with E-state index in [1.807, 2.05) is 0 Å². The minimum absolute atomic E-state index is 0. The number of hydrogen-bond acceptors (Lipinski definition) is 9. The summed E-state index contributed by atoms with van der Waals surface area (Å²) in [5, 5.41) is 61.8. The van der Waals surface area contributed by atoms with Crippen molar-refractivity contribution >= 4 is 9.17 Å². The summed E-state index contributed by atoms with van der Waals surface area (Å²) in [6.07, 6.45) is 0. The van der Waals surface area contributed by atoms with Crippen LogP contribution in [0.5, 0.6) is 34.5 Å². The number of benzene rings is 3. The molecule has 0 saturated heterocycles. The van der Waals surface area contributed by atoms with Crippen molar-refractivity contribution in [2.24, 2.45) is 0 Å². The summed E-state index contributed by atoms with van der Waals surface area (Å²) in [5.74, 6) is -2.62. The summed E-state index contributed by atoms with van der Waals surface area (Å²) in [5.41, 5.74) is 0. The maximum Gasteiger partial charge on any atom is 1.00 e. The van der Waals surface area contributed by atoms with Crippen LogP contribution in [0.4, 0.5) is 0 Å². The minimum Gasteiger partial charge on any atom is -0.873 e. The monoisotopic (exact) mass is 456 g/mol. The van der Waals surface area contributed by atoms with Gasteiger partial charge in [0.05, 0.1) is 0 Å². The van der Waals surface area contributed by atoms with Gasteiger partial charge >= 0.3 is 151 Å². The van der Waals surface area contributed by atoms with Gasteiger partial charge in [-0.2, -0.15) is 0 Å². The Hall–Kier alpha value is 0.856. The molecule has 150 valence electrons. The van der Waals surface area contributed by atoms with E-state index >= 15 is 0 Å². The molecule has 0 amide bonds. The van der Waals surface area contributed by atoms with Gasteiger partial charge in [0.1, 0.15) is 0 Å². The largest absolute Gasteiger partial charge is 1.00 e. The molecule has 0 radical (unpaired) electrons. The number of para-hydroxylation sites is 6. The Bertz CT molecular complexity index is 713. The van der Waals surface area contributed by atoms with Crippen molar-refractivity contribution in [3.8, 4) is 34.5 Å². The molecule has 36 heavy (non-hydrogen) atoms. The molecule has 0 saturated carbocycles. The number of rotatable bonds is 0. The molecule has 0 aliphatic heterocycles. The first-order valence-electron chi connectivity index (χ1n) is 7.32. The molecule has 0 N–H and O–H groups in total. The summed E-state index contributed by atoms with van der Waals surface area (Å²) >= 11 is 0. The zero-order valence-corrected chi connectivity index (χ0v) is 23.1. The van der Waals surface area contributed by atoms with Gasteiger partial charge in [0.15, 0.2) is 0 Å². The van der Waals surface area contributed by atoms with E-state index in [-0.39, 0.29) is 151 Å². The molecule has 0 bridgehead atoms. The van der Waals surface area contributed by atoms with Crippen molar-refractivity contribution in [1.82, 2.24) is 0 Å². The number of hydrogen-bond donors (Lipinski definition) is 0. The van der Waals surface area contributed by atoms with Crippen LogP contribution in [0.1, 0.15) is 0 Å². The van der Waals surface area contributed by atoms with Gasteiger partial charge in [-0.05, 0) is 0 Å². The second-order valence-electron chi connectivity index (χ2n) is 4.59. The molecule has 0 spiro atoms. The first-order valence-corrected chi connectivity index (χ1v) is 8.54. The van der Waals surface area contributed by atoms with Crippen molar-refractivity contribution in [3.05, 3.63) is 72.8 Å². The van der Waals surface area contributed by atoms with E-state index in [0.717, 1.165) is 0 Å². The fourth-order valence-corrected chi connectivity index (χ4v) is 1.35. The topological polar surface area (TPSA) is 202 Å². The maximum atomic E-state index is 10.3.